The van der Waals surface area contributed by atoms with Crippen LogP contribution in [0.15, 0.2) is 24.3 Å². The highest BCUT2D eigenvalue weighted by atomic mass is 35.5. The van der Waals surface area contributed by atoms with Crippen LogP contribution < -0.4 is 16.0 Å². The van der Waals surface area contributed by atoms with E-state index in [0.29, 0.717) is 36.5 Å². The number of carbonyl (C=O) groups is 3. The normalized spacial score (nSPS) is 12.6. The zero-order valence-corrected chi connectivity index (χ0v) is 17.2. The average Bonchev–Trinajstić information content (AvgIpc) is 2.70. The predicted molar refractivity (Wildman–Crippen MR) is 107 cm³/mol. The first kappa shape index (κ1) is 23.7. The van der Waals surface area contributed by atoms with Crippen LogP contribution in [0.4, 0.5) is 5.69 Å². The Morgan fingerprint density at radius 3 is 2.36 bits per heavy atom. The Bertz CT molecular complexity index is 653. The fraction of sp³-hybridized carbons (Fsp3) is 0.526. The van der Waals surface area contributed by atoms with Crippen LogP contribution in [0.2, 0.25) is 5.02 Å². The molecule has 156 valence electrons. The second-order valence-electron chi connectivity index (χ2n) is 6.27. The van der Waals surface area contributed by atoms with E-state index < -0.39 is 24.0 Å². The average molecular weight is 414 g/mol. The monoisotopic (exact) mass is 413 g/mol. The van der Waals surface area contributed by atoms with Crippen molar-refractivity contribution in [2.24, 2.45) is 5.73 Å². The third-order valence-corrected chi connectivity index (χ3v) is 4.53. The van der Waals surface area contributed by atoms with Gasteiger partial charge in [0.2, 0.25) is 5.91 Å². The number of benzene rings is 1. The highest BCUT2D eigenvalue weighted by Crippen LogP contribution is 2.20. The van der Waals surface area contributed by atoms with Gasteiger partial charge in [0.15, 0.2) is 0 Å². The Labute approximate surface area is 170 Å². The minimum atomic E-state index is -0.653. The van der Waals surface area contributed by atoms with Crippen LogP contribution in [0.1, 0.15) is 26.2 Å². The fourth-order valence-corrected chi connectivity index (χ4v) is 2.67. The molecule has 0 aliphatic rings. The van der Waals surface area contributed by atoms with Crippen molar-refractivity contribution >= 4 is 35.1 Å². The molecule has 0 fully saturated rings. The third-order valence-electron chi connectivity index (χ3n) is 4.28. The number of nitrogens with two attached hydrogens (primary N) is 1. The predicted octanol–water partition coefficient (Wildman–Crippen LogP) is 1.49. The Kier molecular flexibility index (Phi) is 10.3. The summed E-state index contributed by atoms with van der Waals surface area (Å²) >= 11 is 5.91. The van der Waals surface area contributed by atoms with Crippen LogP contribution in [0, 0.1) is 0 Å². The van der Waals surface area contributed by atoms with Gasteiger partial charge >= 0.3 is 11.9 Å². The lowest BCUT2D eigenvalue weighted by atomic mass is 10.1. The quantitative estimate of drug-likeness (QED) is 0.417. The zero-order valence-electron chi connectivity index (χ0n) is 16.4. The lowest BCUT2D eigenvalue weighted by molar-refractivity contribution is -0.142. The summed E-state index contributed by atoms with van der Waals surface area (Å²) in [5, 5.41) is 3.40. The summed E-state index contributed by atoms with van der Waals surface area (Å²) in [6, 6.07) is 5.61. The molecular weight excluding hydrogens is 386 g/mol. The molecule has 0 saturated heterocycles. The van der Waals surface area contributed by atoms with Crippen molar-refractivity contribution in [1.82, 2.24) is 5.32 Å². The van der Waals surface area contributed by atoms with E-state index in [2.05, 4.69) is 10.1 Å². The summed E-state index contributed by atoms with van der Waals surface area (Å²) in [6.07, 6.45) is 1.83. The number of ether oxygens (including phenoxy) is 2. The summed E-state index contributed by atoms with van der Waals surface area (Å²) in [6.45, 7) is 2.07. The fourth-order valence-electron chi connectivity index (χ4n) is 2.55. The molecule has 1 aromatic carbocycles. The molecule has 0 spiro atoms. The first-order chi connectivity index (χ1) is 13.3. The summed E-state index contributed by atoms with van der Waals surface area (Å²) in [7, 11) is 2.59. The second kappa shape index (κ2) is 12.2. The van der Waals surface area contributed by atoms with E-state index in [1.807, 2.05) is 0 Å². The molecule has 1 amide bonds. The highest BCUT2D eigenvalue weighted by molar-refractivity contribution is 6.30. The van der Waals surface area contributed by atoms with Gasteiger partial charge in [-0.3, -0.25) is 14.4 Å². The number of methoxy groups -OCH3 is 2. The van der Waals surface area contributed by atoms with E-state index in [4.69, 9.17) is 22.1 Å². The topological polar surface area (TPSA) is 111 Å². The van der Waals surface area contributed by atoms with Gasteiger partial charge in [-0.2, -0.15) is 0 Å². The van der Waals surface area contributed by atoms with Gasteiger partial charge in [-0.25, -0.2) is 0 Å². The number of nitrogens with zero attached hydrogens (tertiary/aromatic N) is 1. The number of rotatable bonds is 11. The molecule has 3 N–H and O–H groups in total. The van der Waals surface area contributed by atoms with Crippen LogP contribution in [0.25, 0.3) is 0 Å². The molecule has 2 atom stereocenters. The number of hydrogen-bond acceptors (Lipinski definition) is 7. The van der Waals surface area contributed by atoms with E-state index in [1.54, 1.807) is 36.1 Å². The summed E-state index contributed by atoms with van der Waals surface area (Å²) < 4.78 is 9.30. The molecule has 8 nitrogen and oxygen atoms in total. The van der Waals surface area contributed by atoms with Crippen molar-refractivity contribution in [1.29, 1.82) is 0 Å². The number of halogens is 1. The van der Waals surface area contributed by atoms with Crippen LogP contribution in [-0.4, -0.2) is 57.2 Å². The lowest BCUT2D eigenvalue weighted by Gasteiger charge is -2.29. The molecule has 0 aliphatic carbocycles. The van der Waals surface area contributed by atoms with Crippen LogP contribution in [0.5, 0.6) is 0 Å². The Morgan fingerprint density at radius 2 is 1.79 bits per heavy atom. The van der Waals surface area contributed by atoms with Crippen LogP contribution in [-0.2, 0) is 23.9 Å². The SMILES string of the molecule is COC(=O)CN(c1ccc(Cl)cc1)[C@H](C)C(=O)NCCCC[C@H](N)C(=O)OC. The maximum absolute atomic E-state index is 12.5. The molecule has 0 unspecified atom stereocenters. The van der Waals surface area contributed by atoms with Gasteiger partial charge in [-0.05, 0) is 50.5 Å². The van der Waals surface area contributed by atoms with E-state index >= 15 is 0 Å². The van der Waals surface area contributed by atoms with Crippen LogP contribution >= 0.6 is 11.6 Å². The van der Waals surface area contributed by atoms with Gasteiger partial charge in [-0.15, -0.1) is 0 Å². The number of carbonyl (C=O) groups excluding carboxylic acids is 3. The molecule has 0 bridgehead atoms. The molecule has 1 aromatic rings. The molecule has 0 radical (unpaired) electrons. The maximum atomic E-state index is 12.5. The smallest absolute Gasteiger partial charge is 0.325 e. The Hall–Kier alpha value is -2.32. The van der Waals surface area contributed by atoms with Crippen molar-refractivity contribution in [3.05, 3.63) is 29.3 Å². The maximum Gasteiger partial charge on any atom is 0.325 e. The molecule has 0 heterocycles. The lowest BCUT2D eigenvalue weighted by Crippen LogP contribution is -2.47. The van der Waals surface area contributed by atoms with Crippen molar-refractivity contribution in [2.45, 2.75) is 38.3 Å². The van der Waals surface area contributed by atoms with E-state index in [0.717, 1.165) is 0 Å². The minimum absolute atomic E-state index is 0.0687. The number of nitrogens with one attached hydrogen (secondary N) is 1. The van der Waals surface area contributed by atoms with Crippen LogP contribution in [0.3, 0.4) is 0 Å². The molecule has 0 aromatic heterocycles. The number of amides is 1. The van der Waals surface area contributed by atoms with Gasteiger partial charge in [0.25, 0.3) is 0 Å². The summed E-state index contributed by atoms with van der Waals surface area (Å²) in [5.41, 5.74) is 6.35. The van der Waals surface area contributed by atoms with Gasteiger partial charge in [0.05, 0.1) is 14.2 Å². The van der Waals surface area contributed by atoms with Crippen molar-refractivity contribution in [3.63, 3.8) is 0 Å². The molecule has 0 aliphatic heterocycles. The first-order valence-electron chi connectivity index (χ1n) is 9.00. The van der Waals surface area contributed by atoms with Gasteiger partial charge in [-0.1, -0.05) is 11.6 Å². The molecule has 28 heavy (non-hydrogen) atoms. The van der Waals surface area contributed by atoms with Gasteiger partial charge in [0.1, 0.15) is 18.6 Å². The molecule has 1 rings (SSSR count). The molecular formula is C19H28ClN3O5. The van der Waals surface area contributed by atoms with E-state index in [9.17, 15) is 14.4 Å². The standard InChI is InChI=1S/C19H28ClN3O5/c1-13(18(25)22-11-5-4-6-16(21)19(26)28-3)23(12-17(24)27-2)15-9-7-14(20)8-10-15/h7-10,13,16H,4-6,11-12,21H2,1-3H3,(H,22,25)/t13-,16+/m1/s1. The number of unbranched alkanes of at least 4 members (excludes halogenated alkanes) is 1. The van der Waals surface area contributed by atoms with Gasteiger partial charge in [0, 0.05) is 17.3 Å². The minimum Gasteiger partial charge on any atom is -0.468 e. The van der Waals surface area contributed by atoms with E-state index in [-0.39, 0.29) is 12.5 Å². The first-order valence-corrected chi connectivity index (χ1v) is 9.38. The third kappa shape index (κ3) is 7.74. The molecule has 0 saturated carbocycles. The largest absolute Gasteiger partial charge is 0.468 e. The number of esters is 2. The number of hydrogen-bond donors (Lipinski definition) is 2. The zero-order chi connectivity index (χ0) is 21.1. The second-order valence-corrected chi connectivity index (χ2v) is 6.71. The Morgan fingerprint density at radius 1 is 1.14 bits per heavy atom. The van der Waals surface area contributed by atoms with E-state index in [1.165, 1.54) is 14.2 Å². The van der Waals surface area contributed by atoms with Crippen molar-refractivity contribution in [2.75, 3.05) is 32.2 Å². The summed E-state index contributed by atoms with van der Waals surface area (Å²) in [4.78, 5) is 37.2. The van der Waals surface area contributed by atoms with Crippen molar-refractivity contribution < 1.29 is 23.9 Å². The van der Waals surface area contributed by atoms with Gasteiger partial charge < -0.3 is 25.4 Å². The Balaban J connectivity index is 2.58. The number of anilines is 1. The molecule has 9 heteroatoms. The highest BCUT2D eigenvalue weighted by Gasteiger charge is 2.24. The summed E-state index contributed by atoms with van der Waals surface area (Å²) in [5.74, 6) is -1.12. The van der Waals surface area contributed by atoms with Crippen molar-refractivity contribution in [3.8, 4) is 0 Å².